The molecule has 0 saturated carbocycles. The summed E-state index contributed by atoms with van der Waals surface area (Å²) in [5.41, 5.74) is 3.81. The van der Waals surface area contributed by atoms with E-state index in [0.717, 1.165) is 47.7 Å². The maximum atomic E-state index is 12.1. The Bertz CT molecular complexity index is 759. The zero-order chi connectivity index (χ0) is 14.4. The molecule has 0 radical (unpaired) electrons. The van der Waals surface area contributed by atoms with Crippen molar-refractivity contribution in [2.45, 2.75) is 19.4 Å². The molecule has 0 bridgehead atoms. The highest BCUT2D eigenvalue weighted by atomic mass is 35.5. The van der Waals surface area contributed by atoms with E-state index >= 15 is 0 Å². The predicted octanol–water partition coefficient (Wildman–Crippen LogP) is 2.66. The Morgan fingerprint density at radius 1 is 1.24 bits per heavy atom. The van der Waals surface area contributed by atoms with Crippen LogP contribution in [0.4, 0.5) is 0 Å². The minimum atomic E-state index is 0.0113. The fourth-order valence-electron chi connectivity index (χ4n) is 3.04. The Morgan fingerprint density at radius 3 is 2.86 bits per heavy atom. The highest BCUT2D eigenvalue weighted by Crippen LogP contribution is 2.33. The van der Waals surface area contributed by atoms with Crippen LogP contribution in [0.5, 0.6) is 0 Å². The molecule has 21 heavy (non-hydrogen) atoms. The number of aryl methyl sites for hydroxylation is 1. The molecule has 1 aliphatic heterocycles. The molecule has 1 aromatic carbocycles. The van der Waals surface area contributed by atoms with Crippen molar-refractivity contribution >= 4 is 23.1 Å². The van der Waals surface area contributed by atoms with Crippen LogP contribution in [-0.4, -0.2) is 22.0 Å². The molecule has 2 heterocycles. The average molecular weight is 300 g/mol. The lowest BCUT2D eigenvalue weighted by atomic mass is 10.00. The van der Waals surface area contributed by atoms with Gasteiger partial charge < -0.3 is 9.88 Å². The van der Waals surface area contributed by atoms with Gasteiger partial charge in [0.25, 0.3) is 5.91 Å². The van der Waals surface area contributed by atoms with E-state index in [2.05, 4.69) is 9.88 Å². The van der Waals surface area contributed by atoms with Crippen molar-refractivity contribution in [3.63, 3.8) is 0 Å². The van der Waals surface area contributed by atoms with Gasteiger partial charge in [0.2, 0.25) is 0 Å². The van der Waals surface area contributed by atoms with Crippen molar-refractivity contribution in [3.05, 3.63) is 46.8 Å². The number of nitrogens with zero attached hydrogens (tertiary/aromatic N) is 2. The highest BCUT2D eigenvalue weighted by Gasteiger charge is 2.28. The number of hydrogen-bond acceptors (Lipinski definition) is 2. The second-order valence-corrected chi connectivity index (χ2v) is 5.74. The molecule has 2 aliphatic rings. The van der Waals surface area contributed by atoms with Crippen molar-refractivity contribution in [3.8, 4) is 11.4 Å². The SMILES string of the molecule is O=C1NCCn2c(-c3ccc(Cl)cc3)nc3c2C1=CCC3. The van der Waals surface area contributed by atoms with Gasteiger partial charge in [-0.15, -0.1) is 0 Å². The number of benzene rings is 1. The van der Waals surface area contributed by atoms with Crippen LogP contribution >= 0.6 is 11.6 Å². The third-order valence-corrected chi connectivity index (χ3v) is 4.24. The summed E-state index contributed by atoms with van der Waals surface area (Å²) in [6.07, 6.45) is 3.78. The molecule has 106 valence electrons. The van der Waals surface area contributed by atoms with Crippen LogP contribution in [0.15, 0.2) is 30.3 Å². The first kappa shape index (κ1) is 12.7. The summed E-state index contributed by atoms with van der Waals surface area (Å²) in [4.78, 5) is 16.9. The predicted molar refractivity (Wildman–Crippen MR) is 82.0 cm³/mol. The molecular weight excluding hydrogens is 286 g/mol. The van der Waals surface area contributed by atoms with Crippen molar-refractivity contribution in [2.75, 3.05) is 6.54 Å². The number of hydrogen-bond donors (Lipinski definition) is 1. The second-order valence-electron chi connectivity index (χ2n) is 5.30. The standard InChI is InChI=1S/C16H14ClN3O/c17-11-6-4-10(5-7-11)15-19-13-3-1-2-12-14(13)20(15)9-8-18-16(12)21/h2,4-7H,1,3,8-9H2,(H,18,21). The van der Waals surface area contributed by atoms with E-state index in [4.69, 9.17) is 16.6 Å². The average Bonchev–Trinajstić information content (AvgIpc) is 2.77. The molecule has 4 rings (SSSR count). The third kappa shape index (κ3) is 1.98. The lowest BCUT2D eigenvalue weighted by Crippen LogP contribution is -2.24. The van der Waals surface area contributed by atoms with E-state index in [1.165, 1.54) is 0 Å². The molecule has 1 amide bonds. The summed E-state index contributed by atoms with van der Waals surface area (Å²) in [5, 5.41) is 3.66. The van der Waals surface area contributed by atoms with Crippen molar-refractivity contribution in [1.82, 2.24) is 14.9 Å². The molecule has 0 fully saturated rings. The van der Waals surface area contributed by atoms with Gasteiger partial charge >= 0.3 is 0 Å². The van der Waals surface area contributed by atoms with E-state index in [9.17, 15) is 4.79 Å². The number of aromatic nitrogens is 2. The van der Waals surface area contributed by atoms with Gasteiger partial charge in [-0.3, -0.25) is 4.79 Å². The maximum Gasteiger partial charge on any atom is 0.253 e. The van der Waals surface area contributed by atoms with E-state index in [-0.39, 0.29) is 5.91 Å². The van der Waals surface area contributed by atoms with E-state index in [0.29, 0.717) is 11.6 Å². The number of amides is 1. The lowest BCUT2D eigenvalue weighted by molar-refractivity contribution is -0.115. The zero-order valence-corrected chi connectivity index (χ0v) is 12.2. The first-order chi connectivity index (χ1) is 10.2. The number of allylic oxidation sites excluding steroid dienone is 1. The molecule has 0 unspecified atom stereocenters. The maximum absolute atomic E-state index is 12.1. The first-order valence-electron chi connectivity index (χ1n) is 7.08. The fraction of sp³-hybridized carbons (Fsp3) is 0.250. The van der Waals surface area contributed by atoms with Gasteiger partial charge in [0.05, 0.1) is 17.0 Å². The van der Waals surface area contributed by atoms with Crippen LogP contribution < -0.4 is 5.32 Å². The van der Waals surface area contributed by atoms with Gasteiger partial charge in [-0.25, -0.2) is 4.98 Å². The van der Waals surface area contributed by atoms with Gasteiger partial charge in [-0.2, -0.15) is 0 Å². The van der Waals surface area contributed by atoms with E-state index < -0.39 is 0 Å². The smallest absolute Gasteiger partial charge is 0.253 e. The molecule has 1 N–H and O–H groups in total. The van der Waals surface area contributed by atoms with Crippen LogP contribution in [0.1, 0.15) is 17.8 Å². The summed E-state index contributed by atoms with van der Waals surface area (Å²) < 4.78 is 2.15. The van der Waals surface area contributed by atoms with Gasteiger partial charge in [-0.1, -0.05) is 17.7 Å². The fourth-order valence-corrected chi connectivity index (χ4v) is 3.17. The van der Waals surface area contributed by atoms with Crippen molar-refractivity contribution in [1.29, 1.82) is 0 Å². The quantitative estimate of drug-likeness (QED) is 0.880. The Kier molecular flexibility index (Phi) is 2.86. The van der Waals surface area contributed by atoms with Crippen LogP contribution in [0, 0.1) is 0 Å². The van der Waals surface area contributed by atoms with Gasteiger partial charge in [-0.05, 0) is 37.1 Å². The summed E-state index contributed by atoms with van der Waals surface area (Å²) >= 11 is 5.96. The van der Waals surface area contributed by atoms with Crippen LogP contribution in [0.25, 0.3) is 17.0 Å². The van der Waals surface area contributed by atoms with Gasteiger partial charge in [0.1, 0.15) is 5.82 Å². The number of carbonyl (C=O) groups excluding carboxylic acids is 1. The Morgan fingerprint density at radius 2 is 2.05 bits per heavy atom. The van der Waals surface area contributed by atoms with Crippen molar-refractivity contribution < 1.29 is 4.79 Å². The summed E-state index contributed by atoms with van der Waals surface area (Å²) in [6.45, 7) is 1.36. The molecule has 0 spiro atoms. The molecular formula is C16H14ClN3O. The Labute approximate surface area is 127 Å². The highest BCUT2D eigenvalue weighted by molar-refractivity contribution is 6.30. The Balaban J connectivity index is 1.92. The van der Waals surface area contributed by atoms with E-state index in [1.54, 1.807) is 0 Å². The van der Waals surface area contributed by atoms with Crippen molar-refractivity contribution in [2.24, 2.45) is 0 Å². The van der Waals surface area contributed by atoms with Crippen LogP contribution in [-0.2, 0) is 17.8 Å². The number of halogens is 1. The summed E-state index contributed by atoms with van der Waals surface area (Å²) in [7, 11) is 0. The van der Waals surface area contributed by atoms with Gasteiger partial charge in [0, 0.05) is 23.7 Å². The lowest BCUT2D eigenvalue weighted by Gasteiger charge is -2.12. The normalized spacial score (nSPS) is 16.8. The third-order valence-electron chi connectivity index (χ3n) is 3.99. The molecule has 2 aromatic rings. The molecule has 0 atom stereocenters. The minimum absolute atomic E-state index is 0.0113. The summed E-state index contributed by atoms with van der Waals surface area (Å²) in [5.74, 6) is 0.929. The molecule has 1 aliphatic carbocycles. The number of rotatable bonds is 1. The topological polar surface area (TPSA) is 46.9 Å². The minimum Gasteiger partial charge on any atom is -0.350 e. The molecule has 5 heteroatoms. The van der Waals surface area contributed by atoms with E-state index in [1.807, 2.05) is 30.3 Å². The largest absolute Gasteiger partial charge is 0.350 e. The molecule has 0 saturated heterocycles. The molecule has 1 aromatic heterocycles. The van der Waals surface area contributed by atoms with Crippen LogP contribution in [0.3, 0.4) is 0 Å². The first-order valence-corrected chi connectivity index (χ1v) is 7.46. The Hall–Kier alpha value is -2.07. The number of nitrogens with one attached hydrogen (secondary N) is 1. The van der Waals surface area contributed by atoms with Gasteiger partial charge in [0.15, 0.2) is 0 Å². The summed E-state index contributed by atoms with van der Waals surface area (Å²) in [6, 6.07) is 7.69. The number of imidazole rings is 1. The molecule has 4 nitrogen and oxygen atoms in total. The van der Waals surface area contributed by atoms with Crippen LogP contribution in [0.2, 0.25) is 5.02 Å². The zero-order valence-electron chi connectivity index (χ0n) is 11.4. The second kappa shape index (κ2) is 4.74. The number of carbonyl (C=O) groups is 1. The monoisotopic (exact) mass is 299 g/mol.